The molecule has 0 unspecified atom stereocenters. The third-order valence-corrected chi connectivity index (χ3v) is 4.14. The maximum Gasteiger partial charge on any atom is 0.319 e. The van der Waals surface area contributed by atoms with Gasteiger partial charge in [-0.15, -0.1) is 0 Å². The van der Waals surface area contributed by atoms with Gasteiger partial charge in [0.25, 0.3) is 0 Å². The molecule has 0 radical (unpaired) electrons. The Morgan fingerprint density at radius 3 is 2.70 bits per heavy atom. The highest BCUT2D eigenvalue weighted by atomic mass is 32.2. The van der Waals surface area contributed by atoms with Crippen LogP contribution < -0.4 is 15.5 Å². The molecule has 6 nitrogen and oxygen atoms in total. The van der Waals surface area contributed by atoms with Gasteiger partial charge in [0.05, 0.1) is 21.4 Å². The maximum atomic E-state index is 12.0. The van der Waals surface area contributed by atoms with Crippen molar-refractivity contribution in [3.63, 3.8) is 0 Å². The lowest BCUT2D eigenvalue weighted by Crippen LogP contribution is -2.28. The van der Waals surface area contributed by atoms with Crippen LogP contribution in [0.25, 0.3) is 0 Å². The number of nitrogens with zero attached hydrogens (tertiary/aromatic N) is 2. The Morgan fingerprint density at radius 1 is 1.26 bits per heavy atom. The molecule has 0 aliphatic heterocycles. The number of aromatic nitrogens is 1. The molecule has 1 atom stereocenters. The molecule has 0 aliphatic rings. The molecule has 7 heteroatoms. The third kappa shape index (κ3) is 4.79. The SMILES string of the molecule is CN(C)c1cc(CNC(=O)Nc2ccccc2[S@](C)=O)ccn1. The molecule has 1 aromatic heterocycles. The highest BCUT2D eigenvalue weighted by molar-refractivity contribution is 7.84. The number of benzene rings is 1. The summed E-state index contributed by atoms with van der Waals surface area (Å²) in [6, 6.07) is 10.5. The van der Waals surface area contributed by atoms with E-state index in [1.54, 1.807) is 36.7 Å². The second-order valence-electron chi connectivity index (χ2n) is 5.17. The van der Waals surface area contributed by atoms with Crippen molar-refractivity contribution in [2.45, 2.75) is 11.4 Å². The minimum Gasteiger partial charge on any atom is -0.363 e. The van der Waals surface area contributed by atoms with Crippen LogP contribution in [0.4, 0.5) is 16.3 Å². The summed E-state index contributed by atoms with van der Waals surface area (Å²) >= 11 is 0. The van der Waals surface area contributed by atoms with Gasteiger partial charge in [0.15, 0.2) is 0 Å². The first kappa shape index (κ1) is 17.0. The number of rotatable bonds is 5. The van der Waals surface area contributed by atoms with E-state index in [9.17, 15) is 9.00 Å². The van der Waals surface area contributed by atoms with E-state index in [0.29, 0.717) is 17.1 Å². The minimum absolute atomic E-state index is 0.342. The van der Waals surface area contributed by atoms with Gasteiger partial charge in [-0.25, -0.2) is 9.78 Å². The smallest absolute Gasteiger partial charge is 0.319 e. The van der Waals surface area contributed by atoms with Crippen molar-refractivity contribution in [1.82, 2.24) is 10.3 Å². The zero-order valence-electron chi connectivity index (χ0n) is 13.4. The monoisotopic (exact) mass is 332 g/mol. The summed E-state index contributed by atoms with van der Waals surface area (Å²) in [5, 5.41) is 5.51. The summed E-state index contributed by atoms with van der Waals surface area (Å²) in [5.74, 6) is 0.830. The molecule has 0 aliphatic carbocycles. The summed E-state index contributed by atoms with van der Waals surface area (Å²) in [5.41, 5.74) is 1.50. The Bertz CT molecular complexity index is 719. The van der Waals surface area contributed by atoms with Crippen LogP contribution in [0.3, 0.4) is 0 Å². The van der Waals surface area contributed by atoms with Crippen molar-refractivity contribution in [3.8, 4) is 0 Å². The molecule has 2 amide bonds. The van der Waals surface area contributed by atoms with Gasteiger partial charge in [0, 0.05) is 33.1 Å². The lowest BCUT2D eigenvalue weighted by Gasteiger charge is -2.13. The summed E-state index contributed by atoms with van der Waals surface area (Å²) in [4.78, 5) is 18.8. The molecule has 2 rings (SSSR count). The quantitative estimate of drug-likeness (QED) is 0.880. The second kappa shape index (κ2) is 7.73. The van der Waals surface area contributed by atoms with Crippen LogP contribution in [0.5, 0.6) is 0 Å². The Balaban J connectivity index is 1.98. The van der Waals surface area contributed by atoms with E-state index >= 15 is 0 Å². The van der Waals surface area contributed by atoms with E-state index in [1.807, 2.05) is 31.1 Å². The van der Waals surface area contributed by atoms with Crippen LogP contribution in [-0.2, 0) is 17.3 Å². The van der Waals surface area contributed by atoms with Crippen molar-refractivity contribution in [3.05, 3.63) is 48.2 Å². The van der Waals surface area contributed by atoms with Crippen LogP contribution in [0, 0.1) is 0 Å². The van der Waals surface area contributed by atoms with E-state index in [-0.39, 0.29) is 6.03 Å². The molecule has 23 heavy (non-hydrogen) atoms. The maximum absolute atomic E-state index is 12.0. The summed E-state index contributed by atoms with van der Waals surface area (Å²) in [6.45, 7) is 0.382. The van der Waals surface area contributed by atoms with Crippen molar-refractivity contribution in [2.75, 3.05) is 30.6 Å². The van der Waals surface area contributed by atoms with E-state index in [0.717, 1.165) is 11.4 Å². The lowest BCUT2D eigenvalue weighted by atomic mass is 10.2. The number of carbonyl (C=O) groups excluding carboxylic acids is 1. The number of nitrogens with one attached hydrogen (secondary N) is 2. The highest BCUT2D eigenvalue weighted by Gasteiger charge is 2.09. The molecule has 0 saturated heterocycles. The van der Waals surface area contributed by atoms with Crippen LogP contribution in [0.15, 0.2) is 47.5 Å². The molecule has 2 aromatic rings. The second-order valence-corrected chi connectivity index (χ2v) is 6.52. The average Bonchev–Trinajstić information content (AvgIpc) is 2.53. The van der Waals surface area contributed by atoms with E-state index < -0.39 is 10.8 Å². The molecular formula is C16H20N4O2S. The van der Waals surface area contributed by atoms with E-state index in [4.69, 9.17) is 0 Å². The first-order valence-corrected chi connectivity index (χ1v) is 8.62. The predicted octanol–water partition coefficient (Wildman–Crippen LogP) is 2.21. The zero-order valence-corrected chi connectivity index (χ0v) is 14.2. The number of urea groups is 1. The third-order valence-electron chi connectivity index (χ3n) is 3.17. The summed E-state index contributed by atoms with van der Waals surface area (Å²) in [7, 11) is 2.66. The van der Waals surface area contributed by atoms with Crippen LogP contribution in [0.2, 0.25) is 0 Å². The van der Waals surface area contributed by atoms with Gasteiger partial charge in [-0.05, 0) is 29.8 Å². The summed E-state index contributed by atoms with van der Waals surface area (Å²) < 4.78 is 11.7. The van der Waals surface area contributed by atoms with Gasteiger partial charge >= 0.3 is 6.03 Å². The van der Waals surface area contributed by atoms with Crippen LogP contribution in [0.1, 0.15) is 5.56 Å². The topological polar surface area (TPSA) is 74.3 Å². The Hall–Kier alpha value is -2.41. The molecule has 1 heterocycles. The molecule has 0 saturated carbocycles. The largest absolute Gasteiger partial charge is 0.363 e. The average molecular weight is 332 g/mol. The first-order chi connectivity index (χ1) is 11.0. The molecule has 0 spiro atoms. The summed E-state index contributed by atoms with van der Waals surface area (Å²) in [6.07, 6.45) is 3.29. The minimum atomic E-state index is -1.16. The van der Waals surface area contributed by atoms with Gasteiger partial charge in [-0.3, -0.25) is 4.21 Å². The Labute approximate surface area is 138 Å². The molecule has 0 fully saturated rings. The molecular weight excluding hydrogens is 312 g/mol. The lowest BCUT2D eigenvalue weighted by molar-refractivity contribution is 0.251. The number of amides is 2. The Morgan fingerprint density at radius 2 is 2.00 bits per heavy atom. The normalized spacial score (nSPS) is 11.6. The fourth-order valence-electron chi connectivity index (χ4n) is 1.98. The number of para-hydroxylation sites is 1. The molecule has 0 bridgehead atoms. The zero-order chi connectivity index (χ0) is 16.8. The van der Waals surface area contributed by atoms with Crippen LogP contribution >= 0.6 is 0 Å². The standard InChI is InChI=1S/C16H20N4O2S/c1-20(2)15-10-12(8-9-17-15)11-18-16(21)19-13-6-4-5-7-14(13)23(3)22/h4-10H,11H2,1-3H3,(H2,18,19,21)/t23-/m0/s1. The fraction of sp³-hybridized carbons (Fsp3) is 0.250. The van der Waals surface area contributed by atoms with Gasteiger partial charge in [-0.1, -0.05) is 12.1 Å². The van der Waals surface area contributed by atoms with Gasteiger partial charge in [0.1, 0.15) is 5.82 Å². The Kier molecular flexibility index (Phi) is 5.70. The number of hydrogen-bond acceptors (Lipinski definition) is 4. The van der Waals surface area contributed by atoms with E-state index in [1.165, 1.54) is 0 Å². The predicted molar refractivity (Wildman–Crippen MR) is 93.2 cm³/mol. The van der Waals surface area contributed by atoms with Crippen molar-refractivity contribution in [1.29, 1.82) is 0 Å². The molecule has 2 N–H and O–H groups in total. The number of anilines is 2. The number of pyridine rings is 1. The van der Waals surface area contributed by atoms with Gasteiger partial charge < -0.3 is 15.5 Å². The number of hydrogen-bond donors (Lipinski definition) is 2. The van der Waals surface area contributed by atoms with E-state index in [2.05, 4.69) is 15.6 Å². The molecule has 122 valence electrons. The van der Waals surface area contributed by atoms with Crippen molar-refractivity contribution >= 4 is 28.3 Å². The van der Waals surface area contributed by atoms with Gasteiger partial charge in [-0.2, -0.15) is 0 Å². The van der Waals surface area contributed by atoms with Gasteiger partial charge in [0.2, 0.25) is 0 Å². The first-order valence-electron chi connectivity index (χ1n) is 7.07. The van der Waals surface area contributed by atoms with Crippen LogP contribution in [-0.4, -0.2) is 35.6 Å². The fourth-order valence-corrected chi connectivity index (χ4v) is 2.68. The highest BCUT2D eigenvalue weighted by Crippen LogP contribution is 2.18. The number of carbonyl (C=O) groups is 1. The molecule has 1 aromatic carbocycles. The van der Waals surface area contributed by atoms with Crippen molar-refractivity contribution in [2.24, 2.45) is 0 Å². The van der Waals surface area contributed by atoms with Crippen molar-refractivity contribution < 1.29 is 9.00 Å².